The molecule has 0 aliphatic rings. The number of carboxylic acids is 1. The van der Waals surface area contributed by atoms with Gasteiger partial charge < -0.3 is 21.7 Å². The van der Waals surface area contributed by atoms with Crippen LogP contribution in [0.15, 0.2) is 0 Å². The van der Waals surface area contributed by atoms with Gasteiger partial charge in [0.15, 0.2) is 0 Å². The van der Waals surface area contributed by atoms with E-state index in [-0.39, 0.29) is 0 Å². The van der Waals surface area contributed by atoms with E-state index in [4.69, 9.17) is 21.7 Å². The summed E-state index contributed by atoms with van der Waals surface area (Å²) in [5.74, 6) is -2.15. The van der Waals surface area contributed by atoms with Crippen LogP contribution >= 0.6 is 0 Å². The number of aliphatic carboxylic acids is 1. The van der Waals surface area contributed by atoms with Crippen molar-refractivity contribution >= 4 is 11.9 Å². The first kappa shape index (κ1) is 9.86. The van der Waals surface area contributed by atoms with Gasteiger partial charge in [0.25, 0.3) is 0 Å². The molecule has 0 saturated carbocycles. The molecule has 6 nitrogen and oxygen atoms in total. The average molecular weight is 162 g/mol. The van der Waals surface area contributed by atoms with Gasteiger partial charge >= 0.3 is 5.97 Å². The third-order valence-corrected chi connectivity index (χ3v) is 1.13. The number of hydrogen-bond donors (Lipinski definition) is 4. The largest absolute Gasteiger partial charge is 0.481 e. The van der Waals surface area contributed by atoms with Crippen LogP contribution in [-0.2, 0) is 9.59 Å². The standard InChI is InChI=1S/C5H10N2O4/c6-4(5(7)11)2(8)1-3(9)10/h2,4,8H,1,6H2,(H2,7,11)(H,9,10). The minimum atomic E-state index is -1.41. The summed E-state index contributed by atoms with van der Waals surface area (Å²) in [6, 6.07) is -1.31. The summed E-state index contributed by atoms with van der Waals surface area (Å²) in [5, 5.41) is 17.0. The Morgan fingerprint density at radius 1 is 1.45 bits per heavy atom. The average Bonchev–Trinajstić information content (AvgIpc) is 1.84. The predicted molar refractivity (Wildman–Crippen MR) is 35.4 cm³/mol. The number of primary amides is 1. The van der Waals surface area contributed by atoms with Gasteiger partial charge in [-0.15, -0.1) is 0 Å². The van der Waals surface area contributed by atoms with Crippen LogP contribution in [0.5, 0.6) is 0 Å². The molecule has 0 aliphatic heterocycles. The molecule has 0 aromatic rings. The van der Waals surface area contributed by atoms with E-state index < -0.39 is 30.4 Å². The Labute approximate surface area is 62.8 Å². The number of aliphatic hydroxyl groups excluding tert-OH is 1. The summed E-state index contributed by atoms with van der Waals surface area (Å²) in [4.78, 5) is 20.2. The van der Waals surface area contributed by atoms with Gasteiger partial charge in [0.1, 0.15) is 6.04 Å². The first-order chi connectivity index (χ1) is 4.95. The highest BCUT2D eigenvalue weighted by molar-refractivity contribution is 5.81. The van der Waals surface area contributed by atoms with E-state index in [2.05, 4.69) is 0 Å². The maximum absolute atomic E-state index is 10.3. The summed E-state index contributed by atoms with van der Waals surface area (Å²) in [6.07, 6.45) is -1.99. The molecule has 0 aromatic heterocycles. The fraction of sp³-hybridized carbons (Fsp3) is 0.600. The summed E-state index contributed by atoms with van der Waals surface area (Å²) in [6.45, 7) is 0. The van der Waals surface area contributed by atoms with Gasteiger partial charge in [0.05, 0.1) is 12.5 Å². The second-order valence-corrected chi connectivity index (χ2v) is 2.09. The van der Waals surface area contributed by atoms with Crippen molar-refractivity contribution in [3.8, 4) is 0 Å². The smallest absolute Gasteiger partial charge is 0.306 e. The molecule has 6 heteroatoms. The maximum Gasteiger partial charge on any atom is 0.306 e. The predicted octanol–water partition coefficient (Wildman–Crippen LogP) is -2.37. The minimum absolute atomic E-state index is 0.579. The van der Waals surface area contributed by atoms with E-state index in [0.717, 1.165) is 0 Å². The lowest BCUT2D eigenvalue weighted by molar-refractivity contribution is -0.139. The van der Waals surface area contributed by atoms with E-state index in [1.54, 1.807) is 0 Å². The van der Waals surface area contributed by atoms with E-state index in [0.29, 0.717) is 0 Å². The molecule has 0 spiro atoms. The van der Waals surface area contributed by atoms with Crippen LogP contribution in [0.1, 0.15) is 6.42 Å². The van der Waals surface area contributed by atoms with Crippen molar-refractivity contribution in [1.82, 2.24) is 0 Å². The van der Waals surface area contributed by atoms with Crippen molar-refractivity contribution in [3.63, 3.8) is 0 Å². The zero-order valence-electron chi connectivity index (χ0n) is 5.73. The van der Waals surface area contributed by atoms with Gasteiger partial charge in [0.2, 0.25) is 5.91 Å². The third kappa shape index (κ3) is 3.54. The molecule has 0 bridgehead atoms. The zero-order valence-corrected chi connectivity index (χ0v) is 5.73. The highest BCUT2D eigenvalue weighted by Crippen LogP contribution is 1.95. The van der Waals surface area contributed by atoms with Crippen molar-refractivity contribution in [3.05, 3.63) is 0 Å². The molecule has 0 saturated heterocycles. The number of rotatable bonds is 4. The third-order valence-electron chi connectivity index (χ3n) is 1.13. The van der Waals surface area contributed by atoms with Crippen molar-refractivity contribution in [2.24, 2.45) is 11.5 Å². The quantitative estimate of drug-likeness (QED) is 0.367. The molecule has 1 amide bonds. The highest BCUT2D eigenvalue weighted by Gasteiger charge is 2.22. The first-order valence-corrected chi connectivity index (χ1v) is 2.90. The molecular formula is C5H10N2O4. The molecule has 0 fully saturated rings. The SMILES string of the molecule is NC(=O)C(N)C(O)CC(=O)O. The number of carbonyl (C=O) groups is 2. The van der Waals surface area contributed by atoms with E-state index in [1.165, 1.54) is 0 Å². The zero-order chi connectivity index (χ0) is 9.02. The molecule has 11 heavy (non-hydrogen) atoms. The molecule has 0 aromatic carbocycles. The van der Waals surface area contributed by atoms with Crippen LogP contribution in [0, 0.1) is 0 Å². The number of carboxylic acid groups (broad SMARTS) is 1. The second kappa shape index (κ2) is 3.89. The minimum Gasteiger partial charge on any atom is -0.481 e. The Balaban J connectivity index is 3.92. The molecule has 0 heterocycles. The van der Waals surface area contributed by atoms with Gasteiger partial charge in [-0.25, -0.2) is 0 Å². The monoisotopic (exact) mass is 162 g/mol. The number of aliphatic hydroxyl groups is 1. The topological polar surface area (TPSA) is 127 Å². The Morgan fingerprint density at radius 3 is 2.18 bits per heavy atom. The van der Waals surface area contributed by atoms with Crippen LogP contribution < -0.4 is 11.5 Å². The second-order valence-electron chi connectivity index (χ2n) is 2.09. The normalized spacial score (nSPS) is 15.5. The Bertz CT molecular complexity index is 170. The summed E-state index contributed by atoms with van der Waals surface area (Å²) >= 11 is 0. The molecule has 0 aliphatic carbocycles. The van der Waals surface area contributed by atoms with Crippen LogP contribution in [0.2, 0.25) is 0 Å². The molecule has 0 radical (unpaired) electrons. The highest BCUT2D eigenvalue weighted by atomic mass is 16.4. The van der Waals surface area contributed by atoms with Crippen LogP contribution in [0.3, 0.4) is 0 Å². The van der Waals surface area contributed by atoms with Gasteiger partial charge in [-0.1, -0.05) is 0 Å². The van der Waals surface area contributed by atoms with Crippen LogP contribution in [0.25, 0.3) is 0 Å². The molecule has 6 N–H and O–H groups in total. The van der Waals surface area contributed by atoms with Crippen LogP contribution in [0.4, 0.5) is 0 Å². The summed E-state index contributed by atoms with van der Waals surface area (Å²) in [5.41, 5.74) is 9.72. The maximum atomic E-state index is 10.3. The number of nitrogens with two attached hydrogens (primary N) is 2. The lowest BCUT2D eigenvalue weighted by Crippen LogP contribution is -2.46. The lowest BCUT2D eigenvalue weighted by atomic mass is 10.1. The summed E-state index contributed by atoms with van der Waals surface area (Å²) < 4.78 is 0. The van der Waals surface area contributed by atoms with Crippen molar-refractivity contribution in [1.29, 1.82) is 0 Å². The first-order valence-electron chi connectivity index (χ1n) is 2.90. The van der Waals surface area contributed by atoms with Gasteiger partial charge in [-0.3, -0.25) is 9.59 Å². The molecular weight excluding hydrogens is 152 g/mol. The fourth-order valence-corrected chi connectivity index (χ4v) is 0.495. The van der Waals surface area contributed by atoms with Gasteiger partial charge in [-0.2, -0.15) is 0 Å². The van der Waals surface area contributed by atoms with E-state index in [1.807, 2.05) is 0 Å². The van der Waals surface area contributed by atoms with Gasteiger partial charge in [0, 0.05) is 0 Å². The van der Waals surface area contributed by atoms with E-state index >= 15 is 0 Å². The molecule has 2 atom stereocenters. The number of carbonyl (C=O) groups excluding carboxylic acids is 1. The van der Waals surface area contributed by atoms with E-state index in [9.17, 15) is 9.59 Å². The van der Waals surface area contributed by atoms with Crippen molar-refractivity contribution in [2.75, 3.05) is 0 Å². The van der Waals surface area contributed by atoms with Crippen LogP contribution in [-0.4, -0.2) is 34.2 Å². The lowest BCUT2D eigenvalue weighted by Gasteiger charge is -2.12. The molecule has 2 unspecified atom stereocenters. The van der Waals surface area contributed by atoms with Crippen molar-refractivity contribution < 1.29 is 19.8 Å². The molecule has 64 valence electrons. The van der Waals surface area contributed by atoms with Gasteiger partial charge in [-0.05, 0) is 0 Å². The Kier molecular flexibility index (Phi) is 3.49. The van der Waals surface area contributed by atoms with Crippen molar-refractivity contribution in [2.45, 2.75) is 18.6 Å². The molecule has 0 rings (SSSR count). The summed E-state index contributed by atoms with van der Waals surface area (Å²) in [7, 11) is 0. The Morgan fingerprint density at radius 2 is 1.91 bits per heavy atom. The number of hydrogen-bond acceptors (Lipinski definition) is 4. The Hall–Kier alpha value is -1.14. The number of amides is 1. The fourth-order valence-electron chi connectivity index (χ4n) is 0.495.